The SMILES string of the molecule is C=C.C=O.Cc1ccc(C(C)(c2ccccc2)c2ccc(Oc3cccc4c3C=CC(=N)C4=O)cc2)cc1. The second kappa shape index (κ2) is 12.4. The average molecular weight is 502 g/mol. The van der Waals surface area contributed by atoms with Gasteiger partial charge >= 0.3 is 0 Å². The van der Waals surface area contributed by atoms with Crippen LogP contribution in [0.15, 0.2) is 116 Å². The van der Waals surface area contributed by atoms with Gasteiger partial charge in [-0.1, -0.05) is 84.4 Å². The number of carbonyl (C=O) groups is 2. The Morgan fingerprint density at radius 3 is 1.87 bits per heavy atom. The Morgan fingerprint density at radius 1 is 0.711 bits per heavy atom. The molecule has 4 aromatic rings. The normalized spacial score (nSPS) is 13.1. The average Bonchev–Trinajstić information content (AvgIpc) is 2.98. The van der Waals surface area contributed by atoms with Gasteiger partial charge in [-0.2, -0.15) is 0 Å². The molecule has 0 saturated carbocycles. The molecular formula is C34H31NO3. The summed E-state index contributed by atoms with van der Waals surface area (Å²) in [6.07, 6.45) is 3.29. The molecule has 4 nitrogen and oxygen atoms in total. The van der Waals surface area contributed by atoms with Crippen LogP contribution in [-0.4, -0.2) is 18.3 Å². The zero-order chi connectivity index (χ0) is 27.7. The summed E-state index contributed by atoms with van der Waals surface area (Å²) in [7, 11) is 0. The van der Waals surface area contributed by atoms with Crippen molar-refractivity contribution in [3.05, 3.63) is 150 Å². The molecule has 1 unspecified atom stereocenters. The van der Waals surface area contributed by atoms with Crippen LogP contribution in [0.2, 0.25) is 0 Å². The molecule has 0 aromatic heterocycles. The summed E-state index contributed by atoms with van der Waals surface area (Å²) in [6.45, 7) is 12.4. The molecule has 0 spiro atoms. The van der Waals surface area contributed by atoms with Crippen molar-refractivity contribution in [2.24, 2.45) is 0 Å². The molecule has 0 saturated heterocycles. The zero-order valence-corrected chi connectivity index (χ0v) is 21.7. The number of rotatable bonds is 5. The van der Waals surface area contributed by atoms with Gasteiger partial charge < -0.3 is 9.53 Å². The molecule has 1 atom stereocenters. The van der Waals surface area contributed by atoms with E-state index in [2.05, 4.69) is 87.7 Å². The zero-order valence-electron chi connectivity index (χ0n) is 21.7. The van der Waals surface area contributed by atoms with Gasteiger partial charge in [-0.05, 0) is 60.9 Å². The third-order valence-electron chi connectivity index (χ3n) is 6.61. The van der Waals surface area contributed by atoms with Gasteiger partial charge in [0.15, 0.2) is 0 Å². The number of ketones is 1. The first-order valence-electron chi connectivity index (χ1n) is 12.1. The van der Waals surface area contributed by atoms with Crippen molar-refractivity contribution < 1.29 is 14.3 Å². The Balaban J connectivity index is 0.000000956. The molecule has 4 aromatic carbocycles. The van der Waals surface area contributed by atoms with E-state index in [0.717, 1.165) is 5.56 Å². The van der Waals surface area contributed by atoms with Crippen LogP contribution in [0.5, 0.6) is 11.5 Å². The molecule has 0 amide bonds. The van der Waals surface area contributed by atoms with Crippen molar-refractivity contribution in [3.8, 4) is 11.5 Å². The van der Waals surface area contributed by atoms with Crippen LogP contribution in [0, 0.1) is 12.3 Å². The fraction of sp³-hybridized carbons (Fsp3) is 0.0882. The first kappa shape index (κ1) is 27.8. The Kier molecular flexibility index (Phi) is 9.07. The Bertz CT molecular complexity index is 1440. The van der Waals surface area contributed by atoms with Crippen LogP contribution in [0.4, 0.5) is 0 Å². The molecule has 0 radical (unpaired) electrons. The number of hydrogen-bond donors (Lipinski definition) is 1. The van der Waals surface area contributed by atoms with Crippen LogP contribution in [0.1, 0.15) is 45.1 Å². The lowest BCUT2D eigenvalue weighted by Crippen LogP contribution is -2.25. The molecule has 5 rings (SSSR count). The molecule has 1 N–H and O–H groups in total. The van der Waals surface area contributed by atoms with Gasteiger partial charge in [-0.25, -0.2) is 0 Å². The van der Waals surface area contributed by atoms with E-state index in [9.17, 15) is 4.79 Å². The maximum absolute atomic E-state index is 12.3. The van der Waals surface area contributed by atoms with Crippen LogP contribution >= 0.6 is 0 Å². The summed E-state index contributed by atoms with van der Waals surface area (Å²) in [4.78, 5) is 20.3. The van der Waals surface area contributed by atoms with E-state index in [1.807, 2.05) is 31.1 Å². The number of allylic oxidation sites excluding steroid dienone is 1. The maximum Gasteiger partial charge on any atom is 0.211 e. The van der Waals surface area contributed by atoms with Gasteiger partial charge in [0.05, 0.1) is 0 Å². The molecular weight excluding hydrogens is 470 g/mol. The van der Waals surface area contributed by atoms with Crippen LogP contribution in [0.25, 0.3) is 6.08 Å². The molecule has 0 bridgehead atoms. The van der Waals surface area contributed by atoms with Gasteiger partial charge in [0.25, 0.3) is 0 Å². The minimum absolute atomic E-state index is 0.00898. The predicted octanol–water partition coefficient (Wildman–Crippen LogP) is 7.99. The lowest BCUT2D eigenvalue weighted by atomic mass is 9.71. The van der Waals surface area contributed by atoms with Gasteiger partial charge in [-0.3, -0.25) is 10.2 Å². The van der Waals surface area contributed by atoms with Gasteiger partial charge in [0, 0.05) is 16.5 Å². The fourth-order valence-electron chi connectivity index (χ4n) is 4.53. The topological polar surface area (TPSA) is 67.2 Å². The van der Waals surface area contributed by atoms with Crippen LogP contribution in [0.3, 0.4) is 0 Å². The van der Waals surface area contributed by atoms with Crippen molar-refractivity contribution in [1.29, 1.82) is 5.41 Å². The van der Waals surface area contributed by atoms with E-state index in [4.69, 9.17) is 14.9 Å². The van der Waals surface area contributed by atoms with Crippen molar-refractivity contribution in [2.45, 2.75) is 19.3 Å². The Hall–Kier alpha value is -4.83. The summed E-state index contributed by atoms with van der Waals surface area (Å²) >= 11 is 0. The number of benzene rings is 4. The van der Waals surface area contributed by atoms with Crippen molar-refractivity contribution >= 4 is 24.4 Å². The van der Waals surface area contributed by atoms with E-state index >= 15 is 0 Å². The minimum atomic E-state index is -0.324. The number of hydrogen-bond acceptors (Lipinski definition) is 4. The van der Waals surface area contributed by atoms with Crippen LogP contribution < -0.4 is 4.74 Å². The maximum atomic E-state index is 12.3. The molecule has 0 heterocycles. The van der Waals surface area contributed by atoms with Crippen LogP contribution in [-0.2, 0) is 10.2 Å². The number of Topliss-reactive ketones (excluding diaryl/α,β-unsaturated/α-hetero) is 1. The van der Waals surface area contributed by atoms with Gasteiger partial charge in [-0.15, -0.1) is 13.2 Å². The van der Waals surface area contributed by atoms with Gasteiger partial charge in [0.1, 0.15) is 24.0 Å². The van der Waals surface area contributed by atoms with E-state index in [-0.39, 0.29) is 16.9 Å². The highest BCUT2D eigenvalue weighted by molar-refractivity contribution is 6.51. The molecule has 1 aliphatic rings. The number of carbonyl (C=O) groups excluding carboxylic acids is 2. The monoisotopic (exact) mass is 501 g/mol. The summed E-state index contributed by atoms with van der Waals surface area (Å²) < 4.78 is 6.18. The predicted molar refractivity (Wildman–Crippen MR) is 156 cm³/mol. The summed E-state index contributed by atoms with van der Waals surface area (Å²) in [5, 5.41) is 7.78. The van der Waals surface area contributed by atoms with Crippen molar-refractivity contribution in [2.75, 3.05) is 0 Å². The highest BCUT2D eigenvalue weighted by Gasteiger charge is 2.31. The summed E-state index contributed by atoms with van der Waals surface area (Å²) in [6, 6.07) is 32.8. The molecule has 4 heteroatoms. The fourth-order valence-corrected chi connectivity index (χ4v) is 4.53. The minimum Gasteiger partial charge on any atom is -0.457 e. The lowest BCUT2D eigenvalue weighted by Gasteiger charge is -2.32. The van der Waals surface area contributed by atoms with E-state index in [1.165, 1.54) is 22.8 Å². The van der Waals surface area contributed by atoms with E-state index in [0.29, 0.717) is 22.6 Å². The Labute approximate surface area is 224 Å². The quantitative estimate of drug-likeness (QED) is 0.223. The number of fused-ring (bicyclic) bond motifs is 1. The van der Waals surface area contributed by atoms with E-state index in [1.54, 1.807) is 18.2 Å². The highest BCUT2D eigenvalue weighted by atomic mass is 16.5. The molecule has 38 heavy (non-hydrogen) atoms. The number of nitrogens with one attached hydrogen (secondary N) is 1. The molecule has 0 aliphatic heterocycles. The molecule has 1 aliphatic carbocycles. The summed E-state index contributed by atoms with van der Waals surface area (Å²) in [5.41, 5.74) is 5.71. The summed E-state index contributed by atoms with van der Waals surface area (Å²) in [5.74, 6) is 1.01. The molecule has 190 valence electrons. The third-order valence-corrected chi connectivity index (χ3v) is 6.61. The smallest absolute Gasteiger partial charge is 0.211 e. The molecule has 0 fully saturated rings. The standard InChI is InChI=1S/C31H25NO2.C2H4.CH2O/c1-21-11-13-23(14-12-21)31(2,22-7-4-3-5-8-22)24-15-17-25(18-16-24)34-29-10-6-9-27-26(29)19-20-28(32)30(27)33;2*1-2/h3-20,32H,1-2H3;1-2H2;1H2. The Morgan fingerprint density at radius 2 is 1.26 bits per heavy atom. The third kappa shape index (κ3) is 5.45. The van der Waals surface area contributed by atoms with Crippen molar-refractivity contribution in [1.82, 2.24) is 0 Å². The highest BCUT2D eigenvalue weighted by Crippen LogP contribution is 2.40. The first-order chi connectivity index (χ1) is 18.5. The van der Waals surface area contributed by atoms with E-state index < -0.39 is 0 Å². The van der Waals surface area contributed by atoms with Crippen molar-refractivity contribution in [3.63, 3.8) is 0 Å². The largest absolute Gasteiger partial charge is 0.457 e. The second-order valence-corrected chi connectivity index (χ2v) is 8.78. The number of ether oxygens (including phenoxy) is 1. The van der Waals surface area contributed by atoms with Gasteiger partial charge in [0.2, 0.25) is 5.78 Å². The second-order valence-electron chi connectivity index (χ2n) is 8.78. The number of aryl methyl sites for hydroxylation is 1. The first-order valence-corrected chi connectivity index (χ1v) is 12.1. The lowest BCUT2D eigenvalue weighted by molar-refractivity contribution is -0.0980.